The van der Waals surface area contributed by atoms with Gasteiger partial charge in [-0.2, -0.15) is 11.8 Å². The molecule has 3 N–H and O–H groups in total. The number of nitrogen functional groups attached to an aromatic ring is 1. The van der Waals surface area contributed by atoms with E-state index >= 15 is 0 Å². The van der Waals surface area contributed by atoms with Crippen LogP contribution in [0.4, 0.5) is 11.6 Å². The summed E-state index contributed by atoms with van der Waals surface area (Å²) in [6, 6.07) is 0.515. The van der Waals surface area contributed by atoms with Crippen molar-refractivity contribution in [1.29, 1.82) is 0 Å². The topological polar surface area (TPSA) is 63.8 Å². The minimum atomic E-state index is 0.468. The molecular weight excluding hydrogens is 220 g/mol. The normalized spacial score (nSPS) is 25.3. The van der Waals surface area contributed by atoms with Crippen LogP contribution < -0.4 is 11.1 Å². The minimum absolute atomic E-state index is 0.468. The Morgan fingerprint density at radius 1 is 1.31 bits per heavy atom. The van der Waals surface area contributed by atoms with E-state index < -0.39 is 0 Å². The van der Waals surface area contributed by atoms with Crippen LogP contribution in [0.1, 0.15) is 25.7 Å². The molecule has 1 fully saturated rings. The molecule has 0 saturated heterocycles. The number of anilines is 2. The van der Waals surface area contributed by atoms with E-state index in [0.29, 0.717) is 17.1 Å². The van der Waals surface area contributed by atoms with Crippen LogP contribution in [0.25, 0.3) is 0 Å². The molecule has 88 valence electrons. The second-order valence-electron chi connectivity index (χ2n) is 4.14. The van der Waals surface area contributed by atoms with E-state index in [1.54, 1.807) is 12.4 Å². The molecule has 1 saturated carbocycles. The highest BCUT2D eigenvalue weighted by atomic mass is 32.2. The van der Waals surface area contributed by atoms with E-state index in [-0.39, 0.29) is 0 Å². The van der Waals surface area contributed by atoms with Gasteiger partial charge in [0.25, 0.3) is 0 Å². The highest BCUT2D eigenvalue weighted by Gasteiger charge is 2.24. The summed E-state index contributed by atoms with van der Waals surface area (Å²) in [5, 5.41) is 4.15. The summed E-state index contributed by atoms with van der Waals surface area (Å²) in [5.41, 5.74) is 5.51. The number of nitrogens with zero attached hydrogens (tertiary/aromatic N) is 2. The van der Waals surface area contributed by atoms with Gasteiger partial charge >= 0.3 is 0 Å². The van der Waals surface area contributed by atoms with Crippen molar-refractivity contribution in [3.05, 3.63) is 12.4 Å². The van der Waals surface area contributed by atoms with Crippen molar-refractivity contribution in [1.82, 2.24) is 9.97 Å². The molecule has 4 nitrogen and oxygen atoms in total. The van der Waals surface area contributed by atoms with Gasteiger partial charge in [0.1, 0.15) is 11.6 Å². The first-order valence-corrected chi connectivity index (χ1v) is 6.95. The number of aromatic nitrogens is 2. The third-order valence-electron chi connectivity index (χ3n) is 3.01. The standard InChI is InChI=1S/C11H18N4S/c1-16-9-5-3-2-4-8(9)15-11-7-13-10(12)6-14-11/h6-9H,2-5H2,1H3,(H2,12,13)(H,14,15). The lowest BCUT2D eigenvalue weighted by Crippen LogP contribution is -2.34. The molecule has 2 atom stereocenters. The van der Waals surface area contributed by atoms with Crippen LogP contribution >= 0.6 is 11.8 Å². The molecule has 1 aliphatic carbocycles. The van der Waals surface area contributed by atoms with Gasteiger partial charge in [0.05, 0.1) is 12.4 Å². The molecule has 1 aromatic heterocycles. The summed E-state index contributed by atoms with van der Waals surface area (Å²) < 4.78 is 0. The summed E-state index contributed by atoms with van der Waals surface area (Å²) in [7, 11) is 0. The van der Waals surface area contributed by atoms with Gasteiger partial charge in [0, 0.05) is 11.3 Å². The fraction of sp³-hybridized carbons (Fsp3) is 0.636. The maximum atomic E-state index is 5.51. The lowest BCUT2D eigenvalue weighted by Gasteiger charge is -2.31. The van der Waals surface area contributed by atoms with Gasteiger partial charge < -0.3 is 11.1 Å². The monoisotopic (exact) mass is 238 g/mol. The lowest BCUT2D eigenvalue weighted by atomic mass is 9.95. The Bertz CT molecular complexity index is 327. The first-order valence-electron chi connectivity index (χ1n) is 5.66. The van der Waals surface area contributed by atoms with Gasteiger partial charge in [-0.15, -0.1) is 0 Å². The molecular formula is C11H18N4S. The van der Waals surface area contributed by atoms with E-state index in [1.807, 2.05) is 11.8 Å². The van der Waals surface area contributed by atoms with Crippen molar-refractivity contribution in [3.63, 3.8) is 0 Å². The maximum absolute atomic E-state index is 5.51. The lowest BCUT2D eigenvalue weighted by molar-refractivity contribution is 0.474. The Hall–Kier alpha value is -0.970. The Morgan fingerprint density at radius 2 is 2.12 bits per heavy atom. The molecule has 16 heavy (non-hydrogen) atoms. The van der Waals surface area contributed by atoms with Crippen molar-refractivity contribution < 1.29 is 0 Å². The summed E-state index contributed by atoms with van der Waals surface area (Å²) in [6.07, 6.45) is 10.6. The third-order valence-corrected chi connectivity index (χ3v) is 4.18. The Balaban J connectivity index is 1.99. The van der Waals surface area contributed by atoms with Crippen LogP contribution in [0.15, 0.2) is 12.4 Å². The molecule has 5 heteroatoms. The highest BCUT2D eigenvalue weighted by Crippen LogP contribution is 2.28. The SMILES string of the molecule is CSC1CCCCC1Nc1cnc(N)cn1. The number of nitrogens with one attached hydrogen (secondary N) is 1. The number of rotatable bonds is 3. The Labute approximate surface area is 100 Å². The van der Waals surface area contributed by atoms with E-state index in [4.69, 9.17) is 5.73 Å². The van der Waals surface area contributed by atoms with E-state index in [0.717, 1.165) is 5.82 Å². The molecule has 1 aromatic rings. The molecule has 0 amide bonds. The molecule has 1 heterocycles. The average Bonchev–Trinajstić information content (AvgIpc) is 2.33. The third kappa shape index (κ3) is 2.78. The molecule has 0 spiro atoms. The molecule has 0 aromatic carbocycles. The Kier molecular flexibility index (Phi) is 3.88. The fourth-order valence-electron chi connectivity index (χ4n) is 2.15. The molecule has 0 radical (unpaired) electrons. The quantitative estimate of drug-likeness (QED) is 0.844. The van der Waals surface area contributed by atoms with Gasteiger partial charge in [-0.1, -0.05) is 12.8 Å². The first kappa shape index (κ1) is 11.5. The predicted molar refractivity (Wildman–Crippen MR) is 69.6 cm³/mol. The fourth-order valence-corrected chi connectivity index (χ4v) is 3.08. The molecule has 1 aliphatic rings. The van der Waals surface area contributed by atoms with Crippen molar-refractivity contribution >= 4 is 23.4 Å². The largest absolute Gasteiger partial charge is 0.382 e. The molecule has 0 bridgehead atoms. The van der Waals surface area contributed by atoms with Crippen LogP contribution in [-0.2, 0) is 0 Å². The number of hydrogen-bond donors (Lipinski definition) is 2. The summed E-state index contributed by atoms with van der Waals surface area (Å²) in [6.45, 7) is 0. The van der Waals surface area contributed by atoms with Crippen LogP contribution in [0.5, 0.6) is 0 Å². The number of thioether (sulfide) groups is 1. The van der Waals surface area contributed by atoms with Crippen LogP contribution in [-0.4, -0.2) is 27.5 Å². The van der Waals surface area contributed by atoms with Crippen molar-refractivity contribution in [2.24, 2.45) is 0 Å². The van der Waals surface area contributed by atoms with Gasteiger partial charge in [-0.05, 0) is 19.1 Å². The zero-order valence-corrected chi connectivity index (χ0v) is 10.3. The van der Waals surface area contributed by atoms with Crippen LogP contribution in [0, 0.1) is 0 Å². The molecule has 0 aliphatic heterocycles. The summed E-state index contributed by atoms with van der Waals surface area (Å²) in [4.78, 5) is 8.27. The Morgan fingerprint density at radius 3 is 2.81 bits per heavy atom. The minimum Gasteiger partial charge on any atom is -0.382 e. The van der Waals surface area contributed by atoms with Gasteiger partial charge in [-0.3, -0.25) is 0 Å². The number of hydrogen-bond acceptors (Lipinski definition) is 5. The summed E-state index contributed by atoms with van der Waals surface area (Å²) in [5.74, 6) is 1.30. The average molecular weight is 238 g/mol. The van der Waals surface area contributed by atoms with Crippen LogP contribution in [0.3, 0.4) is 0 Å². The second-order valence-corrected chi connectivity index (χ2v) is 5.21. The second kappa shape index (κ2) is 5.39. The molecule has 2 rings (SSSR count). The molecule has 2 unspecified atom stereocenters. The van der Waals surface area contributed by atoms with Crippen molar-refractivity contribution in [2.75, 3.05) is 17.3 Å². The zero-order chi connectivity index (χ0) is 11.4. The van der Waals surface area contributed by atoms with Crippen molar-refractivity contribution in [2.45, 2.75) is 37.0 Å². The smallest absolute Gasteiger partial charge is 0.144 e. The van der Waals surface area contributed by atoms with Gasteiger partial charge in [0.2, 0.25) is 0 Å². The van der Waals surface area contributed by atoms with Crippen LogP contribution in [0.2, 0.25) is 0 Å². The van der Waals surface area contributed by atoms with Gasteiger partial charge in [0.15, 0.2) is 0 Å². The van der Waals surface area contributed by atoms with E-state index in [1.165, 1.54) is 25.7 Å². The van der Waals surface area contributed by atoms with Crippen molar-refractivity contribution in [3.8, 4) is 0 Å². The van der Waals surface area contributed by atoms with E-state index in [2.05, 4.69) is 21.5 Å². The predicted octanol–water partition coefficient (Wildman–Crippen LogP) is 2.14. The highest BCUT2D eigenvalue weighted by molar-refractivity contribution is 7.99. The summed E-state index contributed by atoms with van der Waals surface area (Å²) >= 11 is 1.94. The number of nitrogens with two attached hydrogens (primary N) is 1. The van der Waals surface area contributed by atoms with E-state index in [9.17, 15) is 0 Å². The van der Waals surface area contributed by atoms with Gasteiger partial charge in [-0.25, -0.2) is 9.97 Å². The maximum Gasteiger partial charge on any atom is 0.144 e. The zero-order valence-electron chi connectivity index (χ0n) is 9.52. The first-order chi connectivity index (χ1) is 7.79.